The van der Waals surface area contributed by atoms with Crippen LogP contribution in [0.4, 0.5) is 0 Å². The van der Waals surface area contributed by atoms with Gasteiger partial charge in [-0.3, -0.25) is 4.79 Å². The molecular weight excluding hydrogens is 272 g/mol. The number of thioether (sulfide) groups is 1. The Balaban J connectivity index is 2.26. The van der Waals surface area contributed by atoms with E-state index in [-0.39, 0.29) is 5.91 Å². The van der Waals surface area contributed by atoms with Crippen molar-refractivity contribution in [3.63, 3.8) is 0 Å². The zero-order valence-electron chi connectivity index (χ0n) is 12.5. The molecule has 0 saturated carbocycles. The third kappa shape index (κ3) is 6.93. The van der Waals surface area contributed by atoms with E-state index < -0.39 is 0 Å². The minimum absolute atomic E-state index is 0.177. The number of amides is 1. The van der Waals surface area contributed by atoms with E-state index in [0.29, 0.717) is 6.42 Å². The number of methoxy groups -OCH3 is 1. The van der Waals surface area contributed by atoms with E-state index in [1.807, 2.05) is 0 Å². The van der Waals surface area contributed by atoms with Crippen LogP contribution in [-0.2, 0) is 16.1 Å². The van der Waals surface area contributed by atoms with Crippen LogP contribution < -0.4 is 5.32 Å². The molecule has 0 unspecified atom stereocenters. The molecule has 0 heterocycles. The average Bonchev–Trinajstić information content (AvgIpc) is 2.45. The van der Waals surface area contributed by atoms with E-state index in [2.05, 4.69) is 29.6 Å². The van der Waals surface area contributed by atoms with Crippen molar-refractivity contribution in [2.24, 2.45) is 0 Å². The highest BCUT2D eigenvalue weighted by atomic mass is 32.2. The molecule has 1 aromatic carbocycles. The lowest BCUT2D eigenvalue weighted by atomic mass is 10.2. The Hall–Kier alpha value is -1.04. The summed E-state index contributed by atoms with van der Waals surface area (Å²) in [5.41, 5.74) is 1.26. The first-order valence-electron chi connectivity index (χ1n) is 6.75. The summed E-state index contributed by atoms with van der Waals surface area (Å²) in [4.78, 5) is 14.3. The van der Waals surface area contributed by atoms with E-state index in [0.717, 1.165) is 25.4 Å². The topological polar surface area (TPSA) is 41.6 Å². The first kappa shape index (κ1) is 17.0. The number of nitrogens with one attached hydrogen (secondary N) is 1. The summed E-state index contributed by atoms with van der Waals surface area (Å²) in [6.07, 6.45) is 0.581. The summed E-state index contributed by atoms with van der Waals surface area (Å²) >= 11 is 1.72. The van der Waals surface area contributed by atoms with E-state index in [4.69, 9.17) is 4.74 Å². The molecule has 0 spiro atoms. The second kappa shape index (κ2) is 9.80. The molecular formula is C15H24N2O2S. The van der Waals surface area contributed by atoms with Gasteiger partial charge in [-0.25, -0.2) is 0 Å². The molecule has 0 aromatic heterocycles. The molecule has 112 valence electrons. The molecule has 4 nitrogen and oxygen atoms in total. The molecule has 1 aromatic rings. The third-order valence-electron chi connectivity index (χ3n) is 2.82. The third-order valence-corrected chi connectivity index (χ3v) is 3.83. The molecule has 0 radical (unpaired) electrons. The fourth-order valence-corrected chi connectivity index (χ4v) is 2.43. The van der Waals surface area contributed by atoms with Gasteiger partial charge in [0.2, 0.25) is 5.91 Å². The van der Waals surface area contributed by atoms with Crippen LogP contribution in [0.15, 0.2) is 29.2 Å². The Kier molecular flexibility index (Phi) is 8.34. The summed E-state index contributed by atoms with van der Waals surface area (Å²) in [6, 6.07) is 8.46. The SMILES string of the molecule is COCCNCc1ccc(SCCC(=O)N(C)C)cc1. The van der Waals surface area contributed by atoms with Crippen molar-refractivity contribution in [2.75, 3.05) is 40.1 Å². The molecule has 1 amide bonds. The minimum atomic E-state index is 0.177. The lowest BCUT2D eigenvalue weighted by Gasteiger charge is -2.09. The van der Waals surface area contributed by atoms with Crippen molar-refractivity contribution < 1.29 is 9.53 Å². The molecule has 5 heteroatoms. The van der Waals surface area contributed by atoms with E-state index >= 15 is 0 Å². The van der Waals surface area contributed by atoms with E-state index in [1.54, 1.807) is 37.9 Å². The summed E-state index contributed by atoms with van der Waals surface area (Å²) < 4.78 is 4.98. The van der Waals surface area contributed by atoms with Gasteiger partial charge in [-0.15, -0.1) is 11.8 Å². The van der Waals surface area contributed by atoms with Crippen LogP contribution in [0.3, 0.4) is 0 Å². The Morgan fingerprint density at radius 1 is 1.30 bits per heavy atom. The summed E-state index contributed by atoms with van der Waals surface area (Å²) in [7, 11) is 5.28. The second-order valence-corrected chi connectivity index (χ2v) is 5.87. The largest absolute Gasteiger partial charge is 0.383 e. The van der Waals surface area contributed by atoms with Gasteiger partial charge in [0.15, 0.2) is 0 Å². The van der Waals surface area contributed by atoms with Crippen LogP contribution in [-0.4, -0.2) is 50.9 Å². The normalized spacial score (nSPS) is 10.6. The predicted octanol–water partition coefficient (Wildman–Crippen LogP) is 1.99. The maximum absolute atomic E-state index is 11.5. The van der Waals surface area contributed by atoms with Crippen molar-refractivity contribution in [1.82, 2.24) is 10.2 Å². The first-order valence-corrected chi connectivity index (χ1v) is 7.73. The fourth-order valence-electron chi connectivity index (χ4n) is 1.59. The Morgan fingerprint density at radius 2 is 2.00 bits per heavy atom. The van der Waals surface area contributed by atoms with Crippen LogP contribution in [0.25, 0.3) is 0 Å². The number of benzene rings is 1. The molecule has 0 atom stereocenters. The highest BCUT2D eigenvalue weighted by Gasteiger charge is 2.03. The molecule has 1 rings (SSSR count). The molecule has 0 fully saturated rings. The highest BCUT2D eigenvalue weighted by molar-refractivity contribution is 7.99. The van der Waals surface area contributed by atoms with Gasteiger partial charge in [-0.05, 0) is 17.7 Å². The highest BCUT2D eigenvalue weighted by Crippen LogP contribution is 2.19. The summed E-state index contributed by atoms with van der Waals surface area (Å²) in [6.45, 7) is 2.45. The standard InChI is InChI=1S/C15H24N2O2S/c1-17(2)15(18)8-11-20-14-6-4-13(5-7-14)12-16-9-10-19-3/h4-7,16H,8-12H2,1-3H3. The number of rotatable bonds is 9. The van der Waals surface area contributed by atoms with Crippen LogP contribution in [0.2, 0.25) is 0 Å². The minimum Gasteiger partial charge on any atom is -0.383 e. The lowest BCUT2D eigenvalue weighted by Crippen LogP contribution is -2.21. The van der Waals surface area contributed by atoms with Crippen LogP contribution in [0.5, 0.6) is 0 Å². The number of nitrogens with zero attached hydrogens (tertiary/aromatic N) is 1. The maximum Gasteiger partial charge on any atom is 0.222 e. The Morgan fingerprint density at radius 3 is 2.60 bits per heavy atom. The smallest absolute Gasteiger partial charge is 0.222 e. The molecule has 0 saturated heterocycles. The van der Waals surface area contributed by atoms with Gasteiger partial charge in [0, 0.05) is 51.4 Å². The van der Waals surface area contributed by atoms with Crippen LogP contribution >= 0.6 is 11.8 Å². The number of hydrogen-bond acceptors (Lipinski definition) is 4. The van der Waals surface area contributed by atoms with Gasteiger partial charge in [-0.1, -0.05) is 12.1 Å². The average molecular weight is 296 g/mol. The van der Waals surface area contributed by atoms with Crippen molar-refractivity contribution >= 4 is 17.7 Å². The monoisotopic (exact) mass is 296 g/mol. The van der Waals surface area contributed by atoms with Gasteiger partial charge in [0.25, 0.3) is 0 Å². The molecule has 0 bridgehead atoms. The molecule has 0 aliphatic rings. The Labute approximate surface area is 125 Å². The first-order chi connectivity index (χ1) is 9.63. The quantitative estimate of drug-likeness (QED) is 0.559. The lowest BCUT2D eigenvalue weighted by molar-refractivity contribution is -0.128. The number of hydrogen-bond donors (Lipinski definition) is 1. The van der Waals surface area contributed by atoms with Crippen molar-refractivity contribution in [3.05, 3.63) is 29.8 Å². The van der Waals surface area contributed by atoms with Crippen LogP contribution in [0.1, 0.15) is 12.0 Å². The molecule has 0 aliphatic carbocycles. The Bertz CT molecular complexity index is 393. The van der Waals surface area contributed by atoms with Gasteiger partial charge >= 0.3 is 0 Å². The number of carbonyl (C=O) groups is 1. The predicted molar refractivity (Wildman–Crippen MR) is 84.1 cm³/mol. The zero-order chi connectivity index (χ0) is 14.8. The van der Waals surface area contributed by atoms with Gasteiger partial charge in [0.1, 0.15) is 0 Å². The number of ether oxygens (including phenoxy) is 1. The fraction of sp³-hybridized carbons (Fsp3) is 0.533. The molecule has 20 heavy (non-hydrogen) atoms. The zero-order valence-corrected chi connectivity index (χ0v) is 13.3. The van der Waals surface area contributed by atoms with Gasteiger partial charge in [0.05, 0.1) is 6.61 Å². The van der Waals surface area contributed by atoms with Gasteiger partial charge in [-0.2, -0.15) is 0 Å². The van der Waals surface area contributed by atoms with Gasteiger partial charge < -0.3 is 15.0 Å². The van der Waals surface area contributed by atoms with Crippen molar-refractivity contribution in [3.8, 4) is 0 Å². The molecule has 1 N–H and O–H groups in total. The summed E-state index contributed by atoms with van der Waals surface area (Å²) in [5.74, 6) is 0.999. The second-order valence-electron chi connectivity index (χ2n) is 4.70. The van der Waals surface area contributed by atoms with Crippen molar-refractivity contribution in [1.29, 1.82) is 0 Å². The summed E-state index contributed by atoms with van der Waals surface area (Å²) in [5, 5.41) is 3.31. The van der Waals surface area contributed by atoms with Crippen LogP contribution in [0, 0.1) is 0 Å². The van der Waals surface area contributed by atoms with E-state index in [9.17, 15) is 4.79 Å². The van der Waals surface area contributed by atoms with Crippen molar-refractivity contribution in [2.45, 2.75) is 17.9 Å². The molecule has 0 aliphatic heterocycles. The maximum atomic E-state index is 11.5. The number of carbonyl (C=O) groups excluding carboxylic acids is 1. The van der Waals surface area contributed by atoms with E-state index in [1.165, 1.54) is 10.5 Å².